The SMILES string of the molecule is CC(C)([C](=[Zr+2])Cc1ccccc1)c1ccccc1.[C-]1=CC=CC1.[Cl-].[Cl-].[c-]1cccc2c1Cc1ccccc1-2. The van der Waals surface area contributed by atoms with Gasteiger partial charge >= 0.3 is 125 Å². The van der Waals surface area contributed by atoms with Gasteiger partial charge in [0.1, 0.15) is 0 Å². The van der Waals surface area contributed by atoms with Crippen molar-refractivity contribution in [3.8, 4) is 11.1 Å². The number of fused-ring (bicyclic) bond motifs is 3. The van der Waals surface area contributed by atoms with Crippen LogP contribution in [0.1, 0.15) is 42.5 Å². The molecule has 0 fully saturated rings. The molecule has 0 radical (unpaired) electrons. The molecule has 4 aromatic rings. The van der Waals surface area contributed by atoms with E-state index in [4.69, 9.17) is 0 Å². The Bertz CT molecular complexity index is 1290. The van der Waals surface area contributed by atoms with Crippen LogP contribution >= 0.6 is 0 Å². The van der Waals surface area contributed by atoms with Crippen LogP contribution in [-0.2, 0) is 42.5 Å². The minimum Gasteiger partial charge on any atom is -1.00 e. The van der Waals surface area contributed by atoms with E-state index in [-0.39, 0.29) is 30.2 Å². The van der Waals surface area contributed by atoms with Crippen LogP contribution in [0, 0.1) is 12.1 Å². The van der Waals surface area contributed by atoms with Gasteiger partial charge in [-0.2, -0.15) is 35.9 Å². The fourth-order valence-electron chi connectivity index (χ4n) is 4.39. The summed E-state index contributed by atoms with van der Waals surface area (Å²) >= 11 is 1.53. The van der Waals surface area contributed by atoms with Gasteiger partial charge in [0.25, 0.3) is 0 Å². The van der Waals surface area contributed by atoms with Crippen LogP contribution in [-0.4, -0.2) is 3.21 Å². The van der Waals surface area contributed by atoms with Crippen LogP contribution in [0.3, 0.4) is 0 Å². The molecule has 0 heterocycles. The molecule has 3 heteroatoms. The van der Waals surface area contributed by atoms with Crippen LogP contribution in [0.15, 0.2) is 121 Å². The second kappa shape index (κ2) is 15.9. The molecule has 192 valence electrons. The Kier molecular flexibility index (Phi) is 13.4. The van der Waals surface area contributed by atoms with Gasteiger partial charge in [-0.3, -0.25) is 6.08 Å². The van der Waals surface area contributed by atoms with Crippen molar-refractivity contribution >= 4 is 3.21 Å². The molecule has 2 aliphatic rings. The molecular weight excluding hydrogens is 583 g/mol. The molecule has 0 saturated heterocycles. The summed E-state index contributed by atoms with van der Waals surface area (Å²) in [5.74, 6) is 0. The first-order chi connectivity index (χ1) is 17.6. The predicted octanol–water partition coefficient (Wildman–Crippen LogP) is 2.30. The Hall–Kier alpha value is -2.31. The van der Waals surface area contributed by atoms with E-state index in [0.29, 0.717) is 0 Å². The fraction of sp³-hybridized carbons (Fsp3) is 0.171. The van der Waals surface area contributed by atoms with E-state index in [0.717, 1.165) is 19.3 Å². The molecule has 0 atom stereocenters. The summed E-state index contributed by atoms with van der Waals surface area (Å²) in [6.45, 7) is 4.66. The monoisotopic (exact) mass is 612 g/mol. The Balaban J connectivity index is 0.000000221. The average Bonchev–Trinajstić information content (AvgIpc) is 3.62. The van der Waals surface area contributed by atoms with Gasteiger partial charge in [-0.25, -0.2) is 12.2 Å². The number of hydrogen-bond donors (Lipinski definition) is 0. The van der Waals surface area contributed by atoms with Crippen molar-refractivity contribution in [2.75, 3.05) is 0 Å². The third-order valence-corrected chi connectivity index (χ3v) is 8.65. The Labute approximate surface area is 256 Å². The van der Waals surface area contributed by atoms with Crippen LogP contribution in [0.4, 0.5) is 0 Å². The zero-order chi connectivity index (χ0) is 25.2. The number of rotatable bonds is 4. The first-order valence-corrected chi connectivity index (χ1v) is 13.8. The van der Waals surface area contributed by atoms with E-state index < -0.39 is 0 Å². The van der Waals surface area contributed by atoms with Gasteiger partial charge in [0.15, 0.2) is 0 Å². The summed E-state index contributed by atoms with van der Waals surface area (Å²) in [6.07, 6.45) is 12.1. The fourth-order valence-corrected chi connectivity index (χ4v) is 5.24. The first-order valence-electron chi connectivity index (χ1n) is 12.5. The number of allylic oxidation sites excluding steroid dienone is 4. The van der Waals surface area contributed by atoms with Gasteiger partial charge in [0.2, 0.25) is 0 Å². The summed E-state index contributed by atoms with van der Waals surface area (Å²) in [5.41, 5.74) is 8.49. The summed E-state index contributed by atoms with van der Waals surface area (Å²) in [6, 6.07) is 39.7. The van der Waals surface area contributed by atoms with Crippen LogP contribution in [0.25, 0.3) is 11.1 Å². The second-order valence-corrected chi connectivity index (χ2v) is 11.0. The van der Waals surface area contributed by atoms with Crippen LogP contribution in [0.5, 0.6) is 0 Å². The minimum atomic E-state index is 0. The summed E-state index contributed by atoms with van der Waals surface area (Å²) in [4.78, 5) is 0. The summed E-state index contributed by atoms with van der Waals surface area (Å²) in [7, 11) is 0. The van der Waals surface area contributed by atoms with Crippen LogP contribution in [0.2, 0.25) is 0 Å². The van der Waals surface area contributed by atoms with E-state index in [2.05, 4.69) is 129 Å². The zero-order valence-corrected chi connectivity index (χ0v) is 25.9. The third-order valence-electron chi connectivity index (χ3n) is 6.68. The molecular formula is C35H32Cl2Zr-2. The van der Waals surface area contributed by atoms with Crippen molar-refractivity contribution < 1.29 is 49.0 Å². The van der Waals surface area contributed by atoms with Crippen molar-refractivity contribution in [2.45, 2.75) is 38.5 Å². The summed E-state index contributed by atoms with van der Waals surface area (Å²) in [5, 5.41) is 0. The molecule has 0 amide bonds. The maximum atomic E-state index is 3.30. The molecule has 2 aliphatic carbocycles. The quantitative estimate of drug-likeness (QED) is 0.273. The molecule has 6 rings (SSSR count). The third kappa shape index (κ3) is 8.60. The maximum Gasteiger partial charge on any atom is -0.0253 e. The van der Waals surface area contributed by atoms with E-state index in [1.165, 1.54) is 57.6 Å². The molecule has 0 spiro atoms. The van der Waals surface area contributed by atoms with Gasteiger partial charge < -0.3 is 24.8 Å². The van der Waals surface area contributed by atoms with Gasteiger partial charge in [-0.1, -0.05) is 35.4 Å². The molecule has 0 aliphatic heterocycles. The maximum absolute atomic E-state index is 3.30. The van der Waals surface area contributed by atoms with Crippen molar-refractivity contribution in [1.82, 2.24) is 0 Å². The van der Waals surface area contributed by atoms with E-state index in [1.807, 2.05) is 18.2 Å². The van der Waals surface area contributed by atoms with Crippen molar-refractivity contribution in [3.63, 3.8) is 0 Å². The Morgan fingerprint density at radius 3 is 2.05 bits per heavy atom. The number of halogens is 2. The molecule has 0 aromatic heterocycles. The zero-order valence-electron chi connectivity index (χ0n) is 21.9. The van der Waals surface area contributed by atoms with Crippen LogP contribution < -0.4 is 24.8 Å². The molecule has 0 saturated carbocycles. The van der Waals surface area contributed by atoms with Gasteiger partial charge in [0, 0.05) is 0 Å². The Morgan fingerprint density at radius 1 is 0.789 bits per heavy atom. The standard InChI is InChI=1S/C17H18.C13H9.C5H5.2ClH.Zr/c1-17(2,16-11-7-4-8-12-16)14-13-15-9-5-3-6-10-15;1-3-7-12-10(5-1)9-11-6-2-4-8-13(11)12;1-2-4-5-3-1;;;/h3-12H,13H2,1-2H3;1-5,7-8H,9H2;1-3H,4H2;2*1H;/q;2*-1;;;+2/p-2. The minimum absolute atomic E-state index is 0. The van der Waals surface area contributed by atoms with Crippen molar-refractivity contribution in [3.05, 3.63) is 156 Å². The molecule has 0 bridgehead atoms. The first kappa shape index (κ1) is 31.9. The van der Waals surface area contributed by atoms with E-state index >= 15 is 0 Å². The molecule has 0 unspecified atom stereocenters. The van der Waals surface area contributed by atoms with Gasteiger partial charge in [-0.15, -0.1) is 12.0 Å². The number of benzene rings is 4. The topological polar surface area (TPSA) is 0 Å². The second-order valence-electron chi connectivity index (χ2n) is 9.53. The van der Waals surface area contributed by atoms with Gasteiger partial charge in [0.05, 0.1) is 0 Å². The molecule has 0 nitrogen and oxygen atoms in total. The molecule has 0 N–H and O–H groups in total. The van der Waals surface area contributed by atoms with Crippen molar-refractivity contribution in [2.24, 2.45) is 0 Å². The van der Waals surface area contributed by atoms with Gasteiger partial charge in [-0.05, 0) is 6.42 Å². The normalized spacial score (nSPS) is 11.9. The average molecular weight is 615 g/mol. The summed E-state index contributed by atoms with van der Waals surface area (Å²) < 4.78 is 1.59. The predicted molar refractivity (Wildman–Crippen MR) is 150 cm³/mol. The smallest absolute Gasteiger partial charge is 0.0253 e. The molecule has 4 aromatic carbocycles. The molecule has 38 heavy (non-hydrogen) atoms. The number of hydrogen-bond acceptors (Lipinski definition) is 0. The largest absolute Gasteiger partial charge is 1.00 e. The Morgan fingerprint density at radius 2 is 1.42 bits per heavy atom. The van der Waals surface area contributed by atoms with E-state index in [1.54, 1.807) is 3.21 Å². The van der Waals surface area contributed by atoms with Crippen molar-refractivity contribution in [1.29, 1.82) is 0 Å². The van der Waals surface area contributed by atoms with E-state index in [9.17, 15) is 0 Å².